The van der Waals surface area contributed by atoms with E-state index < -0.39 is 17.6 Å². The van der Waals surface area contributed by atoms with Gasteiger partial charge >= 0.3 is 6.18 Å². The van der Waals surface area contributed by atoms with Crippen LogP contribution >= 0.6 is 11.8 Å². The minimum atomic E-state index is -4.51. The lowest BCUT2D eigenvalue weighted by atomic mass is 10.1. The maximum atomic E-state index is 12.9. The smallest absolute Gasteiger partial charge is 0.383 e. The highest BCUT2D eigenvalue weighted by atomic mass is 32.2. The molecule has 8 nitrogen and oxygen atoms in total. The lowest BCUT2D eigenvalue weighted by Gasteiger charge is -2.10. The van der Waals surface area contributed by atoms with Crippen molar-refractivity contribution in [3.63, 3.8) is 0 Å². The van der Waals surface area contributed by atoms with Gasteiger partial charge in [0.1, 0.15) is 5.82 Å². The molecule has 3 rings (SSSR count). The number of carbonyl (C=O) groups excluding carboxylic acids is 1. The number of alkyl halides is 3. The van der Waals surface area contributed by atoms with E-state index in [-0.39, 0.29) is 12.1 Å². The van der Waals surface area contributed by atoms with Crippen LogP contribution in [0, 0.1) is 0 Å². The van der Waals surface area contributed by atoms with Gasteiger partial charge in [0.05, 0.1) is 30.3 Å². The van der Waals surface area contributed by atoms with Crippen molar-refractivity contribution in [1.29, 1.82) is 0 Å². The first-order valence-electron chi connectivity index (χ1n) is 9.88. The first-order chi connectivity index (χ1) is 15.3. The third-order valence-electron chi connectivity index (χ3n) is 4.41. The summed E-state index contributed by atoms with van der Waals surface area (Å²) < 4.78 is 45.3. The maximum absolute atomic E-state index is 12.9. The molecule has 3 aromatic rings. The van der Waals surface area contributed by atoms with Crippen molar-refractivity contribution in [2.24, 2.45) is 0 Å². The van der Waals surface area contributed by atoms with Crippen molar-refractivity contribution >= 4 is 34.5 Å². The van der Waals surface area contributed by atoms with Gasteiger partial charge in [-0.25, -0.2) is 14.6 Å². The number of aromatic nitrogens is 4. The van der Waals surface area contributed by atoms with Crippen molar-refractivity contribution in [1.82, 2.24) is 25.1 Å². The van der Waals surface area contributed by atoms with Crippen LogP contribution in [0.3, 0.4) is 0 Å². The number of thioether (sulfide) groups is 1. The molecule has 0 aliphatic carbocycles. The van der Waals surface area contributed by atoms with Crippen LogP contribution in [0.5, 0.6) is 0 Å². The van der Waals surface area contributed by atoms with E-state index in [2.05, 4.69) is 25.7 Å². The Balaban J connectivity index is 1.71. The minimum Gasteiger partial charge on any atom is -0.383 e. The molecule has 2 N–H and O–H groups in total. The van der Waals surface area contributed by atoms with Crippen molar-refractivity contribution in [2.75, 3.05) is 37.9 Å². The number of amides is 1. The van der Waals surface area contributed by atoms with Gasteiger partial charge in [-0.1, -0.05) is 24.8 Å². The average molecular weight is 469 g/mol. The Morgan fingerprint density at radius 3 is 2.78 bits per heavy atom. The van der Waals surface area contributed by atoms with Gasteiger partial charge in [0.15, 0.2) is 10.8 Å². The number of anilines is 1. The van der Waals surface area contributed by atoms with Gasteiger partial charge in [-0.05, 0) is 24.0 Å². The summed E-state index contributed by atoms with van der Waals surface area (Å²) in [5.41, 5.74) is -0.322. The van der Waals surface area contributed by atoms with E-state index in [9.17, 15) is 18.0 Å². The molecule has 0 bridgehead atoms. The van der Waals surface area contributed by atoms with Gasteiger partial charge in [0, 0.05) is 25.8 Å². The zero-order chi connectivity index (χ0) is 23.1. The number of nitrogens with one attached hydrogen (secondary N) is 2. The summed E-state index contributed by atoms with van der Waals surface area (Å²) in [5, 5.41) is 11.5. The largest absolute Gasteiger partial charge is 0.416 e. The Hall–Kier alpha value is -2.86. The van der Waals surface area contributed by atoms with E-state index in [1.165, 1.54) is 23.9 Å². The van der Waals surface area contributed by atoms with E-state index >= 15 is 0 Å². The standard InChI is InChI=1S/C20H23F3N6O2S/c1-3-32-19-27-16(24-8-10-31-2)15-12-26-29(17(15)28-19)9-7-25-18(30)13-5-4-6-14(11-13)20(21,22)23/h4-6,11-12H,3,7-10H2,1-2H3,(H,25,30)(H,24,27,28). The van der Waals surface area contributed by atoms with Crippen molar-refractivity contribution in [3.05, 3.63) is 41.6 Å². The summed E-state index contributed by atoms with van der Waals surface area (Å²) in [4.78, 5) is 21.4. The Kier molecular flexibility index (Phi) is 7.91. The molecule has 0 spiro atoms. The van der Waals surface area contributed by atoms with Crippen LogP contribution in [-0.2, 0) is 17.5 Å². The van der Waals surface area contributed by atoms with Crippen LogP contribution in [0.25, 0.3) is 11.0 Å². The lowest BCUT2D eigenvalue weighted by Crippen LogP contribution is -2.27. The summed E-state index contributed by atoms with van der Waals surface area (Å²) in [6, 6.07) is 4.31. The molecule has 1 aromatic carbocycles. The first kappa shape index (κ1) is 23.8. The Bertz CT molecular complexity index is 1070. The predicted octanol–water partition coefficient (Wildman–Crippen LogP) is 3.45. The number of carbonyl (C=O) groups is 1. The zero-order valence-electron chi connectivity index (χ0n) is 17.6. The number of rotatable bonds is 10. The van der Waals surface area contributed by atoms with Gasteiger partial charge in [-0.15, -0.1) is 0 Å². The van der Waals surface area contributed by atoms with E-state index in [4.69, 9.17) is 4.74 Å². The molecule has 12 heteroatoms. The molecule has 32 heavy (non-hydrogen) atoms. The van der Waals surface area contributed by atoms with Gasteiger partial charge in [-0.2, -0.15) is 18.3 Å². The fourth-order valence-electron chi connectivity index (χ4n) is 2.91. The van der Waals surface area contributed by atoms with Crippen LogP contribution in [0.15, 0.2) is 35.6 Å². The highest BCUT2D eigenvalue weighted by Crippen LogP contribution is 2.29. The van der Waals surface area contributed by atoms with Crippen LogP contribution in [-0.4, -0.2) is 58.2 Å². The number of methoxy groups -OCH3 is 1. The van der Waals surface area contributed by atoms with Gasteiger partial charge in [0.2, 0.25) is 0 Å². The summed E-state index contributed by atoms with van der Waals surface area (Å²) in [7, 11) is 1.61. The highest BCUT2D eigenvalue weighted by molar-refractivity contribution is 7.99. The molecule has 0 fully saturated rings. The molecular weight excluding hydrogens is 445 g/mol. The van der Waals surface area contributed by atoms with Crippen LogP contribution in [0.2, 0.25) is 0 Å². The fourth-order valence-corrected chi connectivity index (χ4v) is 3.48. The normalized spacial score (nSPS) is 11.7. The molecule has 2 aromatic heterocycles. The molecule has 2 heterocycles. The van der Waals surface area contributed by atoms with E-state index in [0.29, 0.717) is 36.3 Å². The molecule has 0 radical (unpaired) electrons. The zero-order valence-corrected chi connectivity index (χ0v) is 18.4. The minimum absolute atomic E-state index is 0.0567. The van der Waals surface area contributed by atoms with Crippen molar-refractivity contribution < 1.29 is 22.7 Å². The van der Waals surface area contributed by atoms with Crippen LogP contribution in [0.1, 0.15) is 22.8 Å². The van der Waals surface area contributed by atoms with Crippen LogP contribution in [0.4, 0.5) is 19.0 Å². The number of nitrogens with zero attached hydrogens (tertiary/aromatic N) is 4. The first-order valence-corrected chi connectivity index (χ1v) is 10.9. The summed E-state index contributed by atoms with van der Waals surface area (Å²) in [6.07, 6.45) is -2.87. The van der Waals surface area contributed by atoms with E-state index in [0.717, 1.165) is 23.3 Å². The number of ether oxygens (including phenoxy) is 1. The molecule has 0 unspecified atom stereocenters. The molecular formula is C20H23F3N6O2S. The quantitative estimate of drug-likeness (QED) is 0.267. The SMILES string of the molecule is CCSc1nc(NCCOC)c2cnn(CCNC(=O)c3cccc(C(F)(F)F)c3)c2n1. The molecule has 0 aliphatic rings. The maximum Gasteiger partial charge on any atom is 0.416 e. The molecule has 1 amide bonds. The third-order valence-corrected chi connectivity index (χ3v) is 5.14. The average Bonchev–Trinajstić information content (AvgIpc) is 3.16. The van der Waals surface area contributed by atoms with Gasteiger partial charge < -0.3 is 15.4 Å². The molecule has 0 saturated heterocycles. The van der Waals surface area contributed by atoms with Gasteiger partial charge in [0.25, 0.3) is 5.91 Å². The number of fused-ring (bicyclic) bond motifs is 1. The lowest BCUT2D eigenvalue weighted by molar-refractivity contribution is -0.137. The number of halogens is 3. The summed E-state index contributed by atoms with van der Waals surface area (Å²) in [5.74, 6) is 0.845. The van der Waals surface area contributed by atoms with Crippen molar-refractivity contribution in [3.8, 4) is 0 Å². The number of benzene rings is 1. The van der Waals surface area contributed by atoms with E-state index in [1.54, 1.807) is 18.0 Å². The second kappa shape index (κ2) is 10.6. The molecule has 0 saturated carbocycles. The Labute approximate surface area is 186 Å². The Morgan fingerprint density at radius 2 is 2.06 bits per heavy atom. The topological polar surface area (TPSA) is 94.0 Å². The molecule has 172 valence electrons. The molecule has 0 atom stereocenters. The third kappa shape index (κ3) is 5.88. The second-order valence-corrected chi connectivity index (χ2v) is 7.88. The summed E-state index contributed by atoms with van der Waals surface area (Å²) in [6.45, 7) is 3.53. The fraction of sp³-hybridized carbons (Fsp3) is 0.400. The summed E-state index contributed by atoms with van der Waals surface area (Å²) >= 11 is 1.49. The molecule has 0 aliphatic heterocycles. The monoisotopic (exact) mass is 468 g/mol. The van der Waals surface area contributed by atoms with Gasteiger partial charge in [-0.3, -0.25) is 4.79 Å². The number of hydrogen-bond acceptors (Lipinski definition) is 7. The van der Waals surface area contributed by atoms with Crippen LogP contribution < -0.4 is 10.6 Å². The second-order valence-electron chi connectivity index (χ2n) is 6.65. The highest BCUT2D eigenvalue weighted by Gasteiger charge is 2.30. The Morgan fingerprint density at radius 1 is 1.25 bits per heavy atom. The predicted molar refractivity (Wildman–Crippen MR) is 116 cm³/mol. The number of hydrogen-bond donors (Lipinski definition) is 2. The van der Waals surface area contributed by atoms with E-state index in [1.807, 2.05) is 6.92 Å². The van der Waals surface area contributed by atoms with Crippen molar-refractivity contribution in [2.45, 2.75) is 24.8 Å².